The standard InChI is InChI=1S/C13H14FN3/c1-2-10-5-4-8-15-11(10)9-16-13-7-3-6-12(14)17-13/h3-8H,2,9H2,1H3,(H,16,17). The molecule has 0 fully saturated rings. The van der Waals surface area contributed by atoms with E-state index >= 15 is 0 Å². The third kappa shape index (κ3) is 3.00. The van der Waals surface area contributed by atoms with Gasteiger partial charge in [-0.3, -0.25) is 4.98 Å². The molecule has 0 aliphatic rings. The molecule has 88 valence electrons. The highest BCUT2D eigenvalue weighted by atomic mass is 19.1. The van der Waals surface area contributed by atoms with Gasteiger partial charge < -0.3 is 5.32 Å². The largest absolute Gasteiger partial charge is 0.364 e. The van der Waals surface area contributed by atoms with Gasteiger partial charge in [-0.15, -0.1) is 0 Å². The van der Waals surface area contributed by atoms with Crippen LogP contribution in [0.1, 0.15) is 18.2 Å². The summed E-state index contributed by atoms with van der Waals surface area (Å²) < 4.78 is 12.9. The Morgan fingerprint density at radius 1 is 1.24 bits per heavy atom. The second kappa shape index (κ2) is 5.39. The van der Waals surface area contributed by atoms with Crippen LogP contribution in [0.5, 0.6) is 0 Å². The molecule has 2 rings (SSSR count). The van der Waals surface area contributed by atoms with Gasteiger partial charge in [-0.1, -0.05) is 19.1 Å². The van der Waals surface area contributed by atoms with Gasteiger partial charge in [0.05, 0.1) is 12.2 Å². The van der Waals surface area contributed by atoms with Crippen LogP contribution in [0.3, 0.4) is 0 Å². The van der Waals surface area contributed by atoms with Crippen molar-refractivity contribution >= 4 is 5.82 Å². The molecule has 0 bridgehead atoms. The Kier molecular flexibility index (Phi) is 3.65. The maximum Gasteiger partial charge on any atom is 0.214 e. The number of anilines is 1. The maximum absolute atomic E-state index is 12.9. The van der Waals surface area contributed by atoms with E-state index in [-0.39, 0.29) is 0 Å². The maximum atomic E-state index is 12.9. The van der Waals surface area contributed by atoms with Gasteiger partial charge in [0.2, 0.25) is 5.95 Å². The monoisotopic (exact) mass is 231 g/mol. The Labute approximate surface area is 99.7 Å². The molecule has 0 unspecified atom stereocenters. The summed E-state index contributed by atoms with van der Waals surface area (Å²) in [6.45, 7) is 2.64. The van der Waals surface area contributed by atoms with Crippen LogP contribution in [0.15, 0.2) is 36.5 Å². The zero-order valence-electron chi connectivity index (χ0n) is 9.65. The van der Waals surface area contributed by atoms with E-state index in [0.717, 1.165) is 12.1 Å². The van der Waals surface area contributed by atoms with Gasteiger partial charge in [0.15, 0.2) is 0 Å². The first kappa shape index (κ1) is 11.5. The molecule has 17 heavy (non-hydrogen) atoms. The van der Waals surface area contributed by atoms with Crippen molar-refractivity contribution in [1.82, 2.24) is 9.97 Å². The molecule has 0 saturated heterocycles. The summed E-state index contributed by atoms with van der Waals surface area (Å²) >= 11 is 0. The Balaban J connectivity index is 2.07. The Morgan fingerprint density at radius 2 is 2.12 bits per heavy atom. The summed E-state index contributed by atoms with van der Waals surface area (Å²) in [6, 6.07) is 8.65. The highest BCUT2D eigenvalue weighted by Crippen LogP contribution is 2.09. The van der Waals surface area contributed by atoms with Crippen LogP contribution in [0.2, 0.25) is 0 Å². The van der Waals surface area contributed by atoms with E-state index in [1.807, 2.05) is 12.1 Å². The van der Waals surface area contributed by atoms with Gasteiger partial charge in [-0.25, -0.2) is 4.98 Å². The number of pyridine rings is 2. The molecule has 0 aliphatic heterocycles. The lowest BCUT2D eigenvalue weighted by atomic mass is 10.1. The summed E-state index contributed by atoms with van der Waals surface area (Å²) in [5.41, 5.74) is 2.16. The van der Waals surface area contributed by atoms with E-state index in [9.17, 15) is 4.39 Å². The summed E-state index contributed by atoms with van der Waals surface area (Å²) in [7, 11) is 0. The molecular formula is C13H14FN3. The fourth-order valence-electron chi connectivity index (χ4n) is 1.63. The van der Waals surface area contributed by atoms with Crippen molar-refractivity contribution in [1.29, 1.82) is 0 Å². The lowest BCUT2D eigenvalue weighted by molar-refractivity contribution is 0.585. The van der Waals surface area contributed by atoms with E-state index in [1.165, 1.54) is 11.6 Å². The Morgan fingerprint density at radius 3 is 2.88 bits per heavy atom. The highest BCUT2D eigenvalue weighted by molar-refractivity contribution is 5.35. The van der Waals surface area contributed by atoms with Gasteiger partial charge in [-0.2, -0.15) is 4.39 Å². The predicted octanol–water partition coefficient (Wildman–Crippen LogP) is 2.79. The summed E-state index contributed by atoms with van der Waals surface area (Å²) in [5.74, 6) is 0.0458. The van der Waals surface area contributed by atoms with Crippen molar-refractivity contribution in [3.63, 3.8) is 0 Å². The minimum absolute atomic E-state index is 0.480. The van der Waals surface area contributed by atoms with Crippen molar-refractivity contribution in [3.05, 3.63) is 53.7 Å². The van der Waals surface area contributed by atoms with Gasteiger partial charge in [0, 0.05) is 6.20 Å². The third-order valence-electron chi connectivity index (χ3n) is 2.52. The molecule has 4 heteroatoms. The van der Waals surface area contributed by atoms with Crippen molar-refractivity contribution in [3.8, 4) is 0 Å². The molecular weight excluding hydrogens is 217 g/mol. The molecule has 0 atom stereocenters. The average molecular weight is 231 g/mol. The summed E-state index contributed by atoms with van der Waals surface area (Å²) in [6.07, 6.45) is 2.69. The van der Waals surface area contributed by atoms with Crippen LogP contribution in [-0.2, 0) is 13.0 Å². The Bertz CT molecular complexity index is 500. The average Bonchev–Trinajstić information content (AvgIpc) is 2.37. The zero-order valence-corrected chi connectivity index (χ0v) is 9.65. The van der Waals surface area contributed by atoms with E-state index in [1.54, 1.807) is 18.3 Å². The molecule has 0 aliphatic carbocycles. The summed E-state index contributed by atoms with van der Waals surface area (Å²) in [5, 5.41) is 3.06. The normalized spacial score (nSPS) is 10.2. The SMILES string of the molecule is CCc1cccnc1CNc1cccc(F)n1. The minimum Gasteiger partial charge on any atom is -0.364 e. The number of nitrogens with one attached hydrogen (secondary N) is 1. The predicted molar refractivity (Wildman–Crippen MR) is 65.1 cm³/mol. The van der Waals surface area contributed by atoms with Crippen LogP contribution < -0.4 is 5.32 Å². The van der Waals surface area contributed by atoms with Gasteiger partial charge in [-0.05, 0) is 30.2 Å². The topological polar surface area (TPSA) is 37.8 Å². The van der Waals surface area contributed by atoms with Crippen LogP contribution >= 0.6 is 0 Å². The first-order valence-corrected chi connectivity index (χ1v) is 5.59. The minimum atomic E-state index is -0.480. The van der Waals surface area contributed by atoms with E-state index in [2.05, 4.69) is 22.2 Å². The fourth-order valence-corrected chi connectivity index (χ4v) is 1.63. The molecule has 0 radical (unpaired) electrons. The number of hydrogen-bond donors (Lipinski definition) is 1. The number of nitrogens with zero attached hydrogens (tertiary/aromatic N) is 2. The molecule has 2 heterocycles. The van der Waals surface area contributed by atoms with Crippen molar-refractivity contribution in [2.45, 2.75) is 19.9 Å². The molecule has 2 aromatic rings. The lowest BCUT2D eigenvalue weighted by Gasteiger charge is -2.08. The second-order valence-electron chi connectivity index (χ2n) is 3.66. The van der Waals surface area contributed by atoms with Gasteiger partial charge in [0.25, 0.3) is 0 Å². The molecule has 1 N–H and O–H groups in total. The second-order valence-corrected chi connectivity index (χ2v) is 3.66. The van der Waals surface area contributed by atoms with Crippen LogP contribution in [0.25, 0.3) is 0 Å². The van der Waals surface area contributed by atoms with Crippen LogP contribution in [-0.4, -0.2) is 9.97 Å². The first-order chi connectivity index (χ1) is 8.29. The van der Waals surface area contributed by atoms with Crippen molar-refractivity contribution < 1.29 is 4.39 Å². The molecule has 0 aromatic carbocycles. The number of rotatable bonds is 4. The zero-order chi connectivity index (χ0) is 12.1. The highest BCUT2D eigenvalue weighted by Gasteiger charge is 2.02. The molecule has 0 amide bonds. The van der Waals surface area contributed by atoms with E-state index < -0.39 is 5.95 Å². The molecule has 2 aromatic heterocycles. The van der Waals surface area contributed by atoms with E-state index in [0.29, 0.717) is 12.4 Å². The number of hydrogen-bond acceptors (Lipinski definition) is 3. The van der Waals surface area contributed by atoms with Gasteiger partial charge >= 0.3 is 0 Å². The number of aromatic nitrogens is 2. The number of aryl methyl sites for hydroxylation is 1. The lowest BCUT2D eigenvalue weighted by Crippen LogP contribution is -2.06. The van der Waals surface area contributed by atoms with Crippen molar-refractivity contribution in [2.24, 2.45) is 0 Å². The smallest absolute Gasteiger partial charge is 0.214 e. The van der Waals surface area contributed by atoms with Crippen molar-refractivity contribution in [2.75, 3.05) is 5.32 Å². The summed E-state index contributed by atoms with van der Waals surface area (Å²) in [4.78, 5) is 8.04. The molecule has 3 nitrogen and oxygen atoms in total. The van der Waals surface area contributed by atoms with E-state index in [4.69, 9.17) is 0 Å². The quantitative estimate of drug-likeness (QED) is 0.822. The molecule has 0 spiro atoms. The third-order valence-corrected chi connectivity index (χ3v) is 2.52. The first-order valence-electron chi connectivity index (χ1n) is 5.59. The van der Waals surface area contributed by atoms with Gasteiger partial charge in [0.1, 0.15) is 5.82 Å². The van der Waals surface area contributed by atoms with Crippen LogP contribution in [0.4, 0.5) is 10.2 Å². The number of halogens is 1. The fraction of sp³-hybridized carbons (Fsp3) is 0.231. The molecule has 0 saturated carbocycles. The van der Waals surface area contributed by atoms with Crippen LogP contribution in [0, 0.1) is 5.95 Å². The Hall–Kier alpha value is -1.97.